The number of hydrogen-bond donors (Lipinski definition) is 0. The zero-order valence-electron chi connectivity index (χ0n) is 14.8. The van der Waals surface area contributed by atoms with Crippen molar-refractivity contribution in [2.24, 2.45) is 7.05 Å². The topological polar surface area (TPSA) is 94.4 Å². The second-order valence-electron chi connectivity index (χ2n) is 6.25. The van der Waals surface area contributed by atoms with Crippen LogP contribution in [-0.4, -0.2) is 53.2 Å². The van der Waals surface area contributed by atoms with E-state index in [2.05, 4.69) is 10.2 Å². The molecule has 0 amide bonds. The monoisotopic (exact) mass is 378 g/mol. The Morgan fingerprint density at radius 1 is 1.38 bits per heavy atom. The summed E-state index contributed by atoms with van der Waals surface area (Å²) in [5.41, 5.74) is 0.231. The van der Waals surface area contributed by atoms with Crippen molar-refractivity contribution in [3.05, 3.63) is 42.0 Å². The molecule has 2 heterocycles. The molecule has 0 aliphatic carbocycles. The van der Waals surface area contributed by atoms with Crippen LogP contribution in [0.1, 0.15) is 41.9 Å². The summed E-state index contributed by atoms with van der Waals surface area (Å²) < 4.78 is 34.3. The minimum atomic E-state index is -3.70. The molecule has 140 valence electrons. The van der Waals surface area contributed by atoms with Crippen LogP contribution in [0, 0.1) is 0 Å². The van der Waals surface area contributed by atoms with Crippen LogP contribution in [0.2, 0.25) is 0 Å². The molecule has 0 spiro atoms. The number of benzene rings is 1. The van der Waals surface area contributed by atoms with Crippen molar-refractivity contribution in [2.75, 3.05) is 19.7 Å². The molecular weight excluding hydrogens is 356 g/mol. The highest BCUT2D eigenvalue weighted by molar-refractivity contribution is 7.89. The van der Waals surface area contributed by atoms with Gasteiger partial charge in [0.25, 0.3) is 0 Å². The molecule has 0 bridgehead atoms. The van der Waals surface area contributed by atoms with E-state index in [-0.39, 0.29) is 23.0 Å². The number of aromatic nitrogens is 3. The SMILES string of the molecule is CCOC(=O)c1cccc(S(=O)(=O)N2CCC[C@H](c3nncn3C)C2)c1. The van der Waals surface area contributed by atoms with E-state index in [1.165, 1.54) is 16.4 Å². The summed E-state index contributed by atoms with van der Waals surface area (Å²) >= 11 is 0. The number of esters is 1. The molecule has 0 N–H and O–H groups in total. The van der Waals surface area contributed by atoms with Crippen LogP contribution in [0.3, 0.4) is 0 Å². The minimum Gasteiger partial charge on any atom is -0.462 e. The third-order valence-electron chi connectivity index (χ3n) is 4.48. The van der Waals surface area contributed by atoms with Crippen LogP contribution in [0.4, 0.5) is 0 Å². The number of aryl methyl sites for hydroxylation is 1. The number of sulfonamides is 1. The van der Waals surface area contributed by atoms with Crippen molar-refractivity contribution in [3.8, 4) is 0 Å². The number of piperidine rings is 1. The first-order valence-corrected chi connectivity index (χ1v) is 9.98. The quantitative estimate of drug-likeness (QED) is 0.733. The fourth-order valence-corrected chi connectivity index (χ4v) is 4.75. The maximum atomic E-state index is 13.1. The molecule has 9 heteroatoms. The highest BCUT2D eigenvalue weighted by Crippen LogP contribution is 2.29. The molecule has 26 heavy (non-hydrogen) atoms. The normalized spacial score (nSPS) is 18.6. The van der Waals surface area contributed by atoms with Crippen LogP contribution in [-0.2, 0) is 21.8 Å². The zero-order valence-corrected chi connectivity index (χ0v) is 15.6. The summed E-state index contributed by atoms with van der Waals surface area (Å²) in [7, 11) is -1.85. The summed E-state index contributed by atoms with van der Waals surface area (Å²) in [6.45, 7) is 2.74. The summed E-state index contributed by atoms with van der Waals surface area (Å²) in [4.78, 5) is 12.0. The van der Waals surface area contributed by atoms with E-state index in [0.29, 0.717) is 13.1 Å². The molecule has 1 aliphatic rings. The maximum Gasteiger partial charge on any atom is 0.338 e. The van der Waals surface area contributed by atoms with Gasteiger partial charge in [0, 0.05) is 26.1 Å². The summed E-state index contributed by atoms with van der Waals surface area (Å²) in [6, 6.07) is 5.99. The predicted octanol–water partition coefficient (Wildman–Crippen LogP) is 1.56. The Labute approximate surface area is 152 Å². The van der Waals surface area contributed by atoms with Crippen LogP contribution in [0.25, 0.3) is 0 Å². The van der Waals surface area contributed by atoms with Gasteiger partial charge in [-0.1, -0.05) is 6.07 Å². The highest BCUT2D eigenvalue weighted by Gasteiger charge is 2.33. The smallest absolute Gasteiger partial charge is 0.338 e. The van der Waals surface area contributed by atoms with Gasteiger partial charge >= 0.3 is 5.97 Å². The minimum absolute atomic E-state index is 0.000681. The Kier molecular flexibility index (Phi) is 5.38. The van der Waals surface area contributed by atoms with Gasteiger partial charge in [0.05, 0.1) is 17.1 Å². The molecule has 8 nitrogen and oxygen atoms in total. The molecular formula is C17H22N4O4S. The Hall–Kier alpha value is -2.26. The van der Waals surface area contributed by atoms with E-state index in [1.807, 2.05) is 11.6 Å². The van der Waals surface area contributed by atoms with Gasteiger partial charge in [-0.15, -0.1) is 10.2 Å². The molecule has 2 aromatic rings. The standard InChI is InChI=1S/C17H22N4O4S/c1-3-25-17(22)13-6-4-8-15(10-13)26(23,24)21-9-5-7-14(11-21)16-19-18-12-20(16)2/h4,6,8,10,12,14H,3,5,7,9,11H2,1-2H3/t14-/m0/s1. The van der Waals surface area contributed by atoms with Gasteiger partial charge in [0.15, 0.2) is 0 Å². The highest BCUT2D eigenvalue weighted by atomic mass is 32.2. The molecule has 3 rings (SSSR count). The first-order valence-electron chi connectivity index (χ1n) is 8.54. The Morgan fingerprint density at radius 3 is 2.88 bits per heavy atom. The van der Waals surface area contributed by atoms with Crippen LogP contribution in [0.15, 0.2) is 35.5 Å². The Bertz CT molecular complexity index is 894. The molecule has 1 aromatic carbocycles. The van der Waals surface area contributed by atoms with Crippen molar-refractivity contribution < 1.29 is 17.9 Å². The van der Waals surface area contributed by atoms with Gasteiger partial charge < -0.3 is 9.30 Å². The molecule has 1 atom stereocenters. The van der Waals surface area contributed by atoms with Gasteiger partial charge in [-0.25, -0.2) is 13.2 Å². The van der Waals surface area contributed by atoms with E-state index < -0.39 is 16.0 Å². The van der Waals surface area contributed by atoms with Gasteiger partial charge in [0.2, 0.25) is 10.0 Å². The van der Waals surface area contributed by atoms with E-state index in [1.54, 1.807) is 25.4 Å². The second-order valence-corrected chi connectivity index (χ2v) is 8.19. The maximum absolute atomic E-state index is 13.1. The third kappa shape index (κ3) is 3.63. The largest absolute Gasteiger partial charge is 0.462 e. The molecule has 0 unspecified atom stereocenters. The molecule has 1 aliphatic heterocycles. The molecule has 1 fully saturated rings. The number of carbonyl (C=O) groups is 1. The lowest BCUT2D eigenvalue weighted by Gasteiger charge is -2.31. The lowest BCUT2D eigenvalue weighted by atomic mass is 9.99. The fraction of sp³-hybridized carbons (Fsp3) is 0.471. The van der Waals surface area contributed by atoms with Gasteiger partial charge in [-0.05, 0) is 38.0 Å². The molecule has 0 radical (unpaired) electrons. The lowest BCUT2D eigenvalue weighted by Crippen LogP contribution is -2.39. The van der Waals surface area contributed by atoms with E-state index in [0.717, 1.165) is 18.7 Å². The first kappa shape index (κ1) is 18.5. The number of nitrogens with zero attached hydrogens (tertiary/aromatic N) is 4. The van der Waals surface area contributed by atoms with E-state index in [4.69, 9.17) is 4.74 Å². The van der Waals surface area contributed by atoms with Crippen LogP contribution < -0.4 is 0 Å². The second kappa shape index (κ2) is 7.55. The average molecular weight is 378 g/mol. The fourth-order valence-electron chi connectivity index (χ4n) is 3.18. The van der Waals surface area contributed by atoms with Crippen LogP contribution in [0.5, 0.6) is 0 Å². The Morgan fingerprint density at radius 2 is 2.19 bits per heavy atom. The average Bonchev–Trinajstić information content (AvgIpc) is 3.08. The summed E-state index contributed by atoms with van der Waals surface area (Å²) in [6.07, 6.45) is 3.22. The number of hydrogen-bond acceptors (Lipinski definition) is 6. The first-order chi connectivity index (χ1) is 12.4. The third-order valence-corrected chi connectivity index (χ3v) is 6.34. The van der Waals surface area contributed by atoms with Crippen molar-refractivity contribution in [3.63, 3.8) is 0 Å². The van der Waals surface area contributed by atoms with Crippen LogP contribution >= 0.6 is 0 Å². The number of ether oxygens (including phenoxy) is 1. The summed E-state index contributed by atoms with van der Waals surface area (Å²) in [5, 5.41) is 8.00. The van der Waals surface area contributed by atoms with Crippen molar-refractivity contribution >= 4 is 16.0 Å². The lowest BCUT2D eigenvalue weighted by molar-refractivity contribution is 0.0526. The van der Waals surface area contributed by atoms with Gasteiger partial charge in [0.1, 0.15) is 12.2 Å². The number of carbonyl (C=O) groups excluding carboxylic acids is 1. The Balaban J connectivity index is 1.85. The molecule has 0 saturated carbocycles. The molecule has 1 aromatic heterocycles. The van der Waals surface area contributed by atoms with Crippen molar-refractivity contribution in [2.45, 2.75) is 30.6 Å². The van der Waals surface area contributed by atoms with Gasteiger partial charge in [-0.2, -0.15) is 4.31 Å². The van der Waals surface area contributed by atoms with Gasteiger partial charge in [-0.3, -0.25) is 0 Å². The van der Waals surface area contributed by atoms with Crippen molar-refractivity contribution in [1.82, 2.24) is 19.1 Å². The van der Waals surface area contributed by atoms with Crippen molar-refractivity contribution in [1.29, 1.82) is 0 Å². The number of rotatable bonds is 5. The predicted molar refractivity (Wildman–Crippen MR) is 94.1 cm³/mol. The van der Waals surface area contributed by atoms with E-state index in [9.17, 15) is 13.2 Å². The molecule has 1 saturated heterocycles. The summed E-state index contributed by atoms with van der Waals surface area (Å²) in [5.74, 6) is 0.254. The zero-order chi connectivity index (χ0) is 18.7. The van der Waals surface area contributed by atoms with E-state index >= 15 is 0 Å².